The maximum absolute atomic E-state index is 12.3. The number of carbonyl (C=O) groups excluding carboxylic acids is 1. The number of amides is 1. The zero-order valence-electron chi connectivity index (χ0n) is 9.72. The summed E-state index contributed by atoms with van der Waals surface area (Å²) in [6.45, 7) is 5.61. The molecule has 1 heterocycles. The van der Waals surface area contributed by atoms with E-state index in [1.807, 2.05) is 0 Å². The molecule has 0 unspecified atom stereocenters. The summed E-state index contributed by atoms with van der Waals surface area (Å²) in [7, 11) is 0. The van der Waals surface area contributed by atoms with Crippen LogP contribution in [-0.4, -0.2) is 36.7 Å². The second-order valence-electron chi connectivity index (χ2n) is 4.93. The molecule has 2 atom stereocenters. The molecule has 1 amide bonds. The minimum absolute atomic E-state index is 0.233. The van der Waals surface area contributed by atoms with Crippen molar-refractivity contribution in [3.63, 3.8) is 0 Å². The Kier molecular flexibility index (Phi) is 4.07. The molecule has 1 saturated heterocycles. The third-order valence-electron chi connectivity index (χ3n) is 2.19. The van der Waals surface area contributed by atoms with Crippen LogP contribution in [0.1, 0.15) is 27.2 Å². The van der Waals surface area contributed by atoms with E-state index in [0.29, 0.717) is 6.54 Å². The summed E-state index contributed by atoms with van der Waals surface area (Å²) in [6.07, 6.45) is -2.73. The van der Waals surface area contributed by atoms with E-state index in [9.17, 15) is 13.6 Å². The van der Waals surface area contributed by atoms with Gasteiger partial charge in [0, 0.05) is 12.6 Å². The maximum atomic E-state index is 12.3. The number of hydrogen-bond acceptors (Lipinski definition) is 3. The van der Waals surface area contributed by atoms with Gasteiger partial charge >= 0.3 is 6.09 Å². The highest BCUT2D eigenvalue weighted by Crippen LogP contribution is 2.14. The number of rotatable bonds is 2. The van der Waals surface area contributed by atoms with Gasteiger partial charge in [0.15, 0.2) is 0 Å². The minimum Gasteiger partial charge on any atom is -0.444 e. The van der Waals surface area contributed by atoms with Gasteiger partial charge in [-0.1, -0.05) is 0 Å². The van der Waals surface area contributed by atoms with E-state index < -0.39 is 24.2 Å². The predicted octanol–water partition coefficient (Wildman–Crippen LogP) is 1.51. The summed E-state index contributed by atoms with van der Waals surface area (Å²) in [6, 6.07) is -1.12. The fourth-order valence-electron chi connectivity index (χ4n) is 1.54. The zero-order valence-corrected chi connectivity index (χ0v) is 9.72. The molecule has 2 N–H and O–H groups in total. The smallest absolute Gasteiger partial charge is 0.407 e. The Bertz CT molecular complexity index is 254. The summed E-state index contributed by atoms with van der Waals surface area (Å²) < 4.78 is 29.7. The predicted molar refractivity (Wildman–Crippen MR) is 55.6 cm³/mol. The van der Waals surface area contributed by atoms with Crippen molar-refractivity contribution in [3.8, 4) is 0 Å². The van der Waals surface area contributed by atoms with Gasteiger partial charge in [-0.3, -0.25) is 0 Å². The molecule has 0 aromatic carbocycles. The lowest BCUT2D eigenvalue weighted by atomic mass is 10.2. The molecular weight excluding hydrogens is 218 g/mol. The molecule has 1 fully saturated rings. The molecule has 0 saturated carbocycles. The van der Waals surface area contributed by atoms with Gasteiger partial charge in [-0.25, -0.2) is 13.6 Å². The molecule has 0 bridgehead atoms. The van der Waals surface area contributed by atoms with Crippen molar-refractivity contribution in [2.45, 2.75) is 51.3 Å². The first kappa shape index (κ1) is 13.2. The number of ether oxygens (including phenoxy) is 1. The molecule has 94 valence electrons. The van der Waals surface area contributed by atoms with Crippen LogP contribution in [0.5, 0.6) is 0 Å². The average Bonchev–Trinajstić information content (AvgIpc) is 2.48. The van der Waals surface area contributed by atoms with Crippen molar-refractivity contribution >= 4 is 6.09 Å². The molecule has 0 aromatic heterocycles. The molecule has 1 rings (SSSR count). The van der Waals surface area contributed by atoms with Crippen LogP contribution in [0.15, 0.2) is 0 Å². The van der Waals surface area contributed by atoms with Gasteiger partial charge in [0.05, 0.1) is 6.04 Å². The number of hydrogen-bond donors (Lipinski definition) is 2. The molecule has 0 aliphatic carbocycles. The molecule has 0 spiro atoms. The van der Waals surface area contributed by atoms with Gasteiger partial charge in [-0.05, 0) is 27.2 Å². The van der Waals surface area contributed by atoms with Crippen LogP contribution in [0, 0.1) is 0 Å². The van der Waals surface area contributed by atoms with Gasteiger partial charge in [0.2, 0.25) is 0 Å². The Morgan fingerprint density at radius 1 is 1.50 bits per heavy atom. The van der Waals surface area contributed by atoms with Crippen molar-refractivity contribution in [2.75, 3.05) is 6.54 Å². The van der Waals surface area contributed by atoms with Crippen molar-refractivity contribution in [3.05, 3.63) is 0 Å². The van der Waals surface area contributed by atoms with Crippen LogP contribution >= 0.6 is 0 Å². The van der Waals surface area contributed by atoms with E-state index >= 15 is 0 Å². The monoisotopic (exact) mass is 236 g/mol. The SMILES string of the molecule is CC(C)(C)OC(=O)N[C@@H]1CN[C@H](C(F)F)C1. The lowest BCUT2D eigenvalue weighted by molar-refractivity contribution is 0.0503. The van der Waals surface area contributed by atoms with E-state index in [2.05, 4.69) is 10.6 Å². The Morgan fingerprint density at radius 3 is 2.56 bits per heavy atom. The molecular formula is C10H18F2N2O2. The normalized spacial score (nSPS) is 25.9. The number of alkyl halides is 2. The standard InChI is InChI=1S/C10H18F2N2O2/c1-10(2,3)16-9(15)14-6-4-7(8(11)12)13-5-6/h6-8,13H,4-5H2,1-3H3,(H,14,15)/t6-,7-/m0/s1. The number of alkyl carbamates (subject to hydrolysis) is 1. The summed E-state index contributed by atoms with van der Waals surface area (Å²) in [5, 5.41) is 5.22. The summed E-state index contributed by atoms with van der Waals surface area (Å²) in [4.78, 5) is 11.3. The van der Waals surface area contributed by atoms with Crippen LogP contribution in [0.2, 0.25) is 0 Å². The average molecular weight is 236 g/mol. The van der Waals surface area contributed by atoms with Gasteiger partial charge in [0.1, 0.15) is 5.60 Å². The van der Waals surface area contributed by atoms with Crippen molar-refractivity contribution in [1.82, 2.24) is 10.6 Å². The number of carbonyl (C=O) groups is 1. The number of nitrogens with one attached hydrogen (secondary N) is 2. The molecule has 0 radical (unpaired) electrons. The van der Waals surface area contributed by atoms with E-state index in [1.165, 1.54) is 0 Å². The Morgan fingerprint density at radius 2 is 2.12 bits per heavy atom. The maximum Gasteiger partial charge on any atom is 0.407 e. The third-order valence-corrected chi connectivity index (χ3v) is 2.19. The molecule has 16 heavy (non-hydrogen) atoms. The molecule has 0 aromatic rings. The Hall–Kier alpha value is -0.910. The fraction of sp³-hybridized carbons (Fsp3) is 0.900. The van der Waals surface area contributed by atoms with Crippen LogP contribution in [0.25, 0.3) is 0 Å². The lowest BCUT2D eigenvalue weighted by Crippen LogP contribution is -2.40. The van der Waals surface area contributed by atoms with Gasteiger partial charge in [-0.15, -0.1) is 0 Å². The minimum atomic E-state index is -2.40. The third kappa shape index (κ3) is 4.30. The zero-order chi connectivity index (χ0) is 12.3. The second kappa shape index (κ2) is 4.95. The van der Waals surface area contributed by atoms with Gasteiger partial charge < -0.3 is 15.4 Å². The first-order valence-electron chi connectivity index (χ1n) is 5.29. The lowest BCUT2D eigenvalue weighted by Gasteiger charge is -2.21. The molecule has 4 nitrogen and oxygen atoms in total. The van der Waals surface area contributed by atoms with Gasteiger partial charge in [-0.2, -0.15) is 0 Å². The highest BCUT2D eigenvalue weighted by atomic mass is 19.3. The Balaban J connectivity index is 2.32. The van der Waals surface area contributed by atoms with Crippen LogP contribution in [0.4, 0.5) is 13.6 Å². The summed E-state index contributed by atoms with van der Waals surface area (Å²) >= 11 is 0. The molecule has 6 heteroatoms. The van der Waals surface area contributed by atoms with E-state index in [1.54, 1.807) is 20.8 Å². The van der Waals surface area contributed by atoms with Crippen molar-refractivity contribution in [2.24, 2.45) is 0 Å². The van der Waals surface area contributed by atoms with E-state index in [4.69, 9.17) is 4.74 Å². The largest absolute Gasteiger partial charge is 0.444 e. The molecule has 1 aliphatic rings. The van der Waals surface area contributed by atoms with Crippen molar-refractivity contribution in [1.29, 1.82) is 0 Å². The van der Waals surface area contributed by atoms with Crippen LogP contribution < -0.4 is 10.6 Å². The fourth-order valence-corrected chi connectivity index (χ4v) is 1.54. The van der Waals surface area contributed by atoms with Crippen LogP contribution in [-0.2, 0) is 4.74 Å². The number of halogens is 2. The van der Waals surface area contributed by atoms with Crippen LogP contribution in [0.3, 0.4) is 0 Å². The molecule has 1 aliphatic heterocycles. The quantitative estimate of drug-likeness (QED) is 0.764. The second-order valence-corrected chi connectivity index (χ2v) is 4.93. The summed E-state index contributed by atoms with van der Waals surface area (Å²) in [5.41, 5.74) is -0.571. The van der Waals surface area contributed by atoms with Gasteiger partial charge in [0.25, 0.3) is 6.43 Å². The highest BCUT2D eigenvalue weighted by Gasteiger charge is 2.32. The highest BCUT2D eigenvalue weighted by molar-refractivity contribution is 5.68. The summed E-state index contributed by atoms with van der Waals surface area (Å²) in [5.74, 6) is 0. The first-order valence-corrected chi connectivity index (χ1v) is 5.29. The van der Waals surface area contributed by atoms with Crippen molar-refractivity contribution < 1.29 is 18.3 Å². The van der Waals surface area contributed by atoms with E-state index in [0.717, 1.165) is 0 Å². The van der Waals surface area contributed by atoms with E-state index in [-0.39, 0.29) is 12.5 Å². The first-order chi connectivity index (χ1) is 7.28. The topological polar surface area (TPSA) is 50.4 Å². The Labute approximate surface area is 93.7 Å².